The third-order valence-electron chi connectivity index (χ3n) is 2.31. The van der Waals surface area contributed by atoms with Crippen LogP contribution in [0.15, 0.2) is 30.9 Å². The molecule has 17 heavy (non-hydrogen) atoms. The van der Waals surface area contributed by atoms with E-state index in [1.54, 1.807) is 12.1 Å². The molecular formula is C11H10FN3O2. The molecule has 1 heterocycles. The maximum Gasteiger partial charge on any atom is 0.303 e. The minimum atomic E-state index is -0.897. The Morgan fingerprint density at radius 2 is 2.29 bits per heavy atom. The van der Waals surface area contributed by atoms with Crippen molar-refractivity contribution in [3.63, 3.8) is 0 Å². The van der Waals surface area contributed by atoms with E-state index in [0.29, 0.717) is 17.7 Å². The molecule has 0 saturated heterocycles. The number of carboxylic acids is 1. The van der Waals surface area contributed by atoms with Crippen molar-refractivity contribution in [3.05, 3.63) is 42.2 Å². The van der Waals surface area contributed by atoms with Crippen LogP contribution in [0.3, 0.4) is 0 Å². The van der Waals surface area contributed by atoms with Crippen molar-refractivity contribution in [1.82, 2.24) is 14.8 Å². The molecule has 0 fully saturated rings. The average Bonchev–Trinajstić information content (AvgIpc) is 2.79. The fourth-order valence-electron chi connectivity index (χ4n) is 1.48. The van der Waals surface area contributed by atoms with E-state index < -0.39 is 11.8 Å². The molecular weight excluding hydrogens is 225 g/mol. The lowest BCUT2D eigenvalue weighted by Crippen LogP contribution is -2.01. The van der Waals surface area contributed by atoms with Crippen LogP contribution in [-0.4, -0.2) is 25.8 Å². The first-order chi connectivity index (χ1) is 8.16. The smallest absolute Gasteiger partial charge is 0.303 e. The number of aryl methyl sites for hydroxylation is 1. The highest BCUT2D eigenvalue weighted by atomic mass is 19.1. The molecule has 0 amide bonds. The van der Waals surface area contributed by atoms with Crippen molar-refractivity contribution in [3.8, 4) is 5.69 Å². The topological polar surface area (TPSA) is 68.0 Å². The van der Waals surface area contributed by atoms with Crippen LogP contribution in [0, 0.1) is 5.82 Å². The van der Waals surface area contributed by atoms with Crippen LogP contribution in [0.4, 0.5) is 4.39 Å². The summed E-state index contributed by atoms with van der Waals surface area (Å²) in [6.45, 7) is 0. The largest absolute Gasteiger partial charge is 0.481 e. The Hall–Kier alpha value is -2.24. The Morgan fingerprint density at radius 3 is 2.88 bits per heavy atom. The van der Waals surface area contributed by atoms with Crippen LogP contribution >= 0.6 is 0 Å². The molecule has 2 aromatic rings. The molecule has 1 N–H and O–H groups in total. The first kappa shape index (κ1) is 11.3. The summed E-state index contributed by atoms with van der Waals surface area (Å²) < 4.78 is 15.0. The second kappa shape index (κ2) is 4.73. The molecule has 0 radical (unpaired) electrons. The quantitative estimate of drug-likeness (QED) is 0.870. The second-order valence-electron chi connectivity index (χ2n) is 3.52. The lowest BCUT2D eigenvalue weighted by Gasteiger charge is -2.04. The molecule has 0 unspecified atom stereocenters. The normalized spacial score (nSPS) is 10.4. The predicted molar refractivity (Wildman–Crippen MR) is 57.3 cm³/mol. The summed E-state index contributed by atoms with van der Waals surface area (Å²) in [5, 5.41) is 12.4. The van der Waals surface area contributed by atoms with Gasteiger partial charge >= 0.3 is 5.97 Å². The highest BCUT2D eigenvalue weighted by Gasteiger charge is 2.07. The minimum Gasteiger partial charge on any atom is -0.481 e. The number of hydrogen-bond donors (Lipinski definition) is 1. The third kappa shape index (κ3) is 2.66. The molecule has 0 atom stereocenters. The van der Waals surface area contributed by atoms with E-state index in [1.807, 2.05) is 0 Å². The number of hydrogen-bond acceptors (Lipinski definition) is 3. The first-order valence-electron chi connectivity index (χ1n) is 5.02. The van der Waals surface area contributed by atoms with Crippen LogP contribution in [0.5, 0.6) is 0 Å². The van der Waals surface area contributed by atoms with E-state index in [1.165, 1.54) is 23.4 Å². The van der Waals surface area contributed by atoms with Crippen LogP contribution in [0.2, 0.25) is 0 Å². The molecule has 0 aliphatic rings. The van der Waals surface area contributed by atoms with Crippen molar-refractivity contribution < 1.29 is 14.3 Å². The molecule has 0 saturated carbocycles. The molecule has 0 aliphatic heterocycles. The molecule has 1 aromatic carbocycles. The average molecular weight is 235 g/mol. The lowest BCUT2D eigenvalue weighted by molar-refractivity contribution is -0.136. The molecule has 88 valence electrons. The maximum atomic E-state index is 13.7. The van der Waals surface area contributed by atoms with E-state index in [2.05, 4.69) is 10.1 Å². The van der Waals surface area contributed by atoms with Gasteiger partial charge in [-0.3, -0.25) is 4.79 Å². The fraction of sp³-hybridized carbons (Fsp3) is 0.182. The van der Waals surface area contributed by atoms with Crippen molar-refractivity contribution in [1.29, 1.82) is 0 Å². The Bertz CT molecular complexity index is 526. The standard InChI is InChI=1S/C11H10FN3O2/c12-9-5-8(2-4-11(16)17)1-3-10(9)15-7-13-6-14-15/h1,3,5-7H,2,4H2,(H,16,17). The number of rotatable bonds is 4. The molecule has 6 heteroatoms. The highest BCUT2D eigenvalue weighted by Crippen LogP contribution is 2.15. The Balaban J connectivity index is 2.20. The van der Waals surface area contributed by atoms with Crippen LogP contribution in [0.25, 0.3) is 5.69 Å². The summed E-state index contributed by atoms with van der Waals surface area (Å²) >= 11 is 0. The van der Waals surface area contributed by atoms with Crippen molar-refractivity contribution in [2.75, 3.05) is 0 Å². The maximum absolute atomic E-state index is 13.7. The van der Waals surface area contributed by atoms with Gasteiger partial charge in [-0.2, -0.15) is 5.10 Å². The van der Waals surface area contributed by atoms with E-state index in [4.69, 9.17) is 5.11 Å². The summed E-state index contributed by atoms with van der Waals surface area (Å²) in [6.07, 6.45) is 3.01. The van der Waals surface area contributed by atoms with Gasteiger partial charge in [0.05, 0.1) is 0 Å². The number of aliphatic carboxylic acids is 1. The van der Waals surface area contributed by atoms with E-state index in [-0.39, 0.29) is 6.42 Å². The fourth-order valence-corrected chi connectivity index (χ4v) is 1.48. The lowest BCUT2D eigenvalue weighted by atomic mass is 10.1. The van der Waals surface area contributed by atoms with Crippen molar-refractivity contribution in [2.24, 2.45) is 0 Å². The number of halogens is 1. The zero-order chi connectivity index (χ0) is 12.3. The van der Waals surface area contributed by atoms with Gasteiger partial charge in [0.2, 0.25) is 0 Å². The first-order valence-corrected chi connectivity index (χ1v) is 5.02. The molecule has 1 aromatic heterocycles. The third-order valence-corrected chi connectivity index (χ3v) is 2.31. The highest BCUT2D eigenvalue weighted by molar-refractivity contribution is 5.67. The van der Waals surface area contributed by atoms with Crippen molar-refractivity contribution in [2.45, 2.75) is 12.8 Å². The molecule has 0 bridgehead atoms. The molecule has 2 rings (SSSR count). The van der Waals surface area contributed by atoms with Gasteiger partial charge in [-0.15, -0.1) is 0 Å². The number of benzene rings is 1. The van der Waals surface area contributed by atoms with Gasteiger partial charge in [-0.25, -0.2) is 14.1 Å². The number of aromatic nitrogens is 3. The van der Waals surface area contributed by atoms with E-state index in [0.717, 1.165) is 0 Å². The number of nitrogens with zero attached hydrogens (tertiary/aromatic N) is 3. The summed E-state index contributed by atoms with van der Waals surface area (Å²) in [5.74, 6) is -1.34. The predicted octanol–water partition coefficient (Wildman–Crippen LogP) is 1.42. The zero-order valence-corrected chi connectivity index (χ0v) is 8.88. The minimum absolute atomic E-state index is 0.0118. The van der Waals surface area contributed by atoms with E-state index >= 15 is 0 Å². The van der Waals surface area contributed by atoms with Crippen LogP contribution < -0.4 is 0 Å². The van der Waals surface area contributed by atoms with Crippen molar-refractivity contribution >= 4 is 5.97 Å². The monoisotopic (exact) mass is 235 g/mol. The van der Waals surface area contributed by atoms with Crippen LogP contribution in [-0.2, 0) is 11.2 Å². The van der Waals surface area contributed by atoms with Gasteiger partial charge in [0.15, 0.2) is 0 Å². The van der Waals surface area contributed by atoms with Crippen LogP contribution in [0.1, 0.15) is 12.0 Å². The molecule has 0 aliphatic carbocycles. The summed E-state index contributed by atoms with van der Waals surface area (Å²) in [5.41, 5.74) is 0.940. The second-order valence-corrected chi connectivity index (χ2v) is 3.52. The summed E-state index contributed by atoms with van der Waals surface area (Å²) in [7, 11) is 0. The van der Waals surface area contributed by atoms with Gasteiger partial charge in [-0.1, -0.05) is 6.07 Å². The molecule has 5 nitrogen and oxygen atoms in total. The summed E-state index contributed by atoms with van der Waals surface area (Å²) in [4.78, 5) is 14.1. The van der Waals surface area contributed by atoms with Gasteiger partial charge in [0.1, 0.15) is 24.2 Å². The van der Waals surface area contributed by atoms with Gasteiger partial charge in [-0.05, 0) is 24.1 Å². The number of carboxylic acid groups (broad SMARTS) is 1. The summed E-state index contributed by atoms with van der Waals surface area (Å²) in [6, 6.07) is 4.56. The zero-order valence-electron chi connectivity index (χ0n) is 8.88. The van der Waals surface area contributed by atoms with Gasteiger partial charge in [0, 0.05) is 6.42 Å². The SMILES string of the molecule is O=C(O)CCc1ccc(-n2cncn2)c(F)c1. The van der Waals surface area contributed by atoms with E-state index in [9.17, 15) is 9.18 Å². The number of carbonyl (C=O) groups is 1. The van der Waals surface area contributed by atoms with Gasteiger partial charge < -0.3 is 5.11 Å². The molecule has 0 spiro atoms. The van der Waals surface area contributed by atoms with Gasteiger partial charge in [0.25, 0.3) is 0 Å². The Labute approximate surface area is 96.5 Å². The Kier molecular flexibility index (Phi) is 3.13. The Morgan fingerprint density at radius 1 is 1.47 bits per heavy atom.